The minimum absolute atomic E-state index is 0.128. The number of hydrogen-bond acceptors (Lipinski definition) is 5. The van der Waals surface area contributed by atoms with E-state index in [9.17, 15) is 9.59 Å². The first-order valence-corrected chi connectivity index (χ1v) is 6.58. The first-order chi connectivity index (χ1) is 8.66. The predicted molar refractivity (Wildman–Crippen MR) is 63.9 cm³/mol. The van der Waals surface area contributed by atoms with E-state index in [1.165, 1.54) is 4.90 Å². The van der Waals surface area contributed by atoms with Gasteiger partial charge in [0.25, 0.3) is 0 Å². The molecular formula is C12H19N3O3. The molecule has 18 heavy (non-hydrogen) atoms. The van der Waals surface area contributed by atoms with E-state index >= 15 is 0 Å². The fraction of sp³-hybridized carbons (Fsp3) is 0.833. The number of carbonyl (C=O) groups is 2. The van der Waals surface area contributed by atoms with Gasteiger partial charge in [0.1, 0.15) is 6.61 Å². The Labute approximate surface area is 106 Å². The minimum atomic E-state index is -0.492. The Hall–Kier alpha value is -1.14. The molecule has 3 fully saturated rings. The van der Waals surface area contributed by atoms with Crippen LogP contribution < -0.4 is 5.32 Å². The lowest BCUT2D eigenvalue weighted by Gasteiger charge is -2.24. The van der Waals surface area contributed by atoms with E-state index in [2.05, 4.69) is 17.1 Å². The highest BCUT2D eigenvalue weighted by atomic mass is 16.6. The number of cyclic esters (lactones) is 1. The standard InChI is InChI=1S/C12H19N3O3/c1-8-10-5-13-4-9(10)6-14(8)7-11(16)15-2-3-18-12(15)17/h8-10,13H,2-7H2,1H3. The Morgan fingerprint density at radius 2 is 2.33 bits per heavy atom. The number of fused-ring (bicyclic) bond motifs is 1. The minimum Gasteiger partial charge on any atom is -0.447 e. The topological polar surface area (TPSA) is 61.9 Å². The van der Waals surface area contributed by atoms with E-state index in [1.807, 2.05) is 0 Å². The Morgan fingerprint density at radius 3 is 3.00 bits per heavy atom. The number of amides is 2. The van der Waals surface area contributed by atoms with Crippen molar-refractivity contribution in [3.05, 3.63) is 0 Å². The van der Waals surface area contributed by atoms with Crippen LogP contribution in [0.5, 0.6) is 0 Å². The molecule has 0 spiro atoms. The van der Waals surface area contributed by atoms with Crippen LogP contribution in [0.1, 0.15) is 6.92 Å². The lowest BCUT2D eigenvalue weighted by Crippen LogP contribution is -2.43. The van der Waals surface area contributed by atoms with Crippen LogP contribution in [0.2, 0.25) is 0 Å². The van der Waals surface area contributed by atoms with Crippen LogP contribution in [0.15, 0.2) is 0 Å². The van der Waals surface area contributed by atoms with Gasteiger partial charge in [0.2, 0.25) is 5.91 Å². The third kappa shape index (κ3) is 1.89. The first kappa shape index (κ1) is 11.9. The quantitative estimate of drug-likeness (QED) is 0.719. The molecule has 0 bridgehead atoms. The molecule has 3 atom stereocenters. The van der Waals surface area contributed by atoms with Crippen molar-refractivity contribution in [3.8, 4) is 0 Å². The van der Waals surface area contributed by atoms with Gasteiger partial charge >= 0.3 is 6.09 Å². The summed E-state index contributed by atoms with van der Waals surface area (Å²) in [4.78, 5) is 26.8. The Bertz CT molecular complexity index is 374. The van der Waals surface area contributed by atoms with Crippen molar-refractivity contribution in [2.24, 2.45) is 11.8 Å². The van der Waals surface area contributed by atoms with Gasteiger partial charge in [-0.1, -0.05) is 0 Å². The summed E-state index contributed by atoms with van der Waals surface area (Å²) in [7, 11) is 0. The fourth-order valence-electron chi connectivity index (χ4n) is 3.34. The number of nitrogens with zero attached hydrogens (tertiary/aromatic N) is 2. The van der Waals surface area contributed by atoms with Crippen molar-refractivity contribution in [2.75, 3.05) is 39.3 Å². The highest BCUT2D eigenvalue weighted by molar-refractivity contribution is 5.94. The maximum Gasteiger partial charge on any atom is 0.416 e. The maximum absolute atomic E-state index is 12.0. The third-order valence-electron chi connectivity index (χ3n) is 4.46. The van der Waals surface area contributed by atoms with Crippen LogP contribution >= 0.6 is 0 Å². The summed E-state index contributed by atoms with van der Waals surface area (Å²) < 4.78 is 4.79. The zero-order chi connectivity index (χ0) is 12.7. The second kappa shape index (κ2) is 4.51. The van der Waals surface area contributed by atoms with Crippen LogP contribution in [0.25, 0.3) is 0 Å². The van der Waals surface area contributed by atoms with Gasteiger partial charge in [0, 0.05) is 12.6 Å². The fourth-order valence-corrected chi connectivity index (χ4v) is 3.34. The number of hydrogen-bond donors (Lipinski definition) is 1. The number of likely N-dealkylation sites (tertiary alicyclic amines) is 1. The molecule has 6 nitrogen and oxygen atoms in total. The average molecular weight is 253 g/mol. The van der Waals surface area contributed by atoms with Crippen LogP contribution in [-0.2, 0) is 9.53 Å². The molecule has 2 amide bonds. The Kier molecular flexibility index (Phi) is 2.99. The lowest BCUT2D eigenvalue weighted by atomic mass is 9.95. The summed E-state index contributed by atoms with van der Waals surface area (Å²) >= 11 is 0. The van der Waals surface area contributed by atoms with Crippen molar-refractivity contribution in [1.29, 1.82) is 0 Å². The van der Waals surface area contributed by atoms with Gasteiger partial charge in [0.15, 0.2) is 0 Å². The van der Waals surface area contributed by atoms with Crippen molar-refractivity contribution in [1.82, 2.24) is 15.1 Å². The SMILES string of the molecule is CC1C2CNCC2CN1CC(=O)N1CCOC1=O. The Balaban J connectivity index is 1.60. The van der Waals surface area contributed by atoms with Crippen molar-refractivity contribution >= 4 is 12.0 Å². The summed E-state index contributed by atoms with van der Waals surface area (Å²) in [6.07, 6.45) is -0.492. The second-order valence-corrected chi connectivity index (χ2v) is 5.41. The summed E-state index contributed by atoms with van der Waals surface area (Å²) in [5.41, 5.74) is 0. The largest absolute Gasteiger partial charge is 0.447 e. The molecule has 3 aliphatic rings. The molecular weight excluding hydrogens is 234 g/mol. The molecule has 0 radical (unpaired) electrons. The molecule has 0 aromatic rings. The number of carbonyl (C=O) groups excluding carboxylic acids is 2. The molecule has 3 unspecified atom stereocenters. The number of nitrogens with one attached hydrogen (secondary N) is 1. The van der Waals surface area contributed by atoms with Crippen LogP contribution in [-0.4, -0.2) is 67.2 Å². The average Bonchev–Trinajstić information content (AvgIpc) is 3.00. The van der Waals surface area contributed by atoms with Gasteiger partial charge in [-0.25, -0.2) is 9.69 Å². The first-order valence-electron chi connectivity index (χ1n) is 6.58. The van der Waals surface area contributed by atoms with E-state index in [1.54, 1.807) is 0 Å². The number of ether oxygens (including phenoxy) is 1. The van der Waals surface area contributed by atoms with Crippen LogP contribution in [0.3, 0.4) is 0 Å². The van der Waals surface area contributed by atoms with Gasteiger partial charge in [-0.3, -0.25) is 9.69 Å². The Morgan fingerprint density at radius 1 is 1.50 bits per heavy atom. The third-order valence-corrected chi connectivity index (χ3v) is 4.46. The molecule has 3 saturated heterocycles. The molecule has 0 aliphatic carbocycles. The monoisotopic (exact) mass is 253 g/mol. The van der Waals surface area contributed by atoms with Crippen molar-refractivity contribution < 1.29 is 14.3 Å². The van der Waals surface area contributed by atoms with Crippen LogP contribution in [0.4, 0.5) is 4.79 Å². The normalized spacial score (nSPS) is 35.9. The summed E-state index contributed by atoms with van der Waals surface area (Å²) in [5, 5.41) is 3.39. The molecule has 0 saturated carbocycles. The summed E-state index contributed by atoms with van der Waals surface area (Å²) in [6, 6.07) is 0.410. The van der Waals surface area contributed by atoms with E-state index < -0.39 is 6.09 Å². The summed E-state index contributed by atoms with van der Waals surface area (Å²) in [6.45, 7) is 6.28. The van der Waals surface area contributed by atoms with Crippen molar-refractivity contribution in [2.45, 2.75) is 13.0 Å². The highest BCUT2D eigenvalue weighted by Gasteiger charge is 2.43. The van der Waals surface area contributed by atoms with Gasteiger partial charge in [-0.05, 0) is 31.8 Å². The van der Waals surface area contributed by atoms with Crippen LogP contribution in [0, 0.1) is 11.8 Å². The smallest absolute Gasteiger partial charge is 0.416 e. The molecule has 1 N–H and O–H groups in total. The molecule has 100 valence electrons. The van der Waals surface area contributed by atoms with E-state index in [4.69, 9.17) is 4.74 Å². The summed E-state index contributed by atoms with van der Waals surface area (Å²) in [5.74, 6) is 1.17. The molecule has 3 aliphatic heterocycles. The van der Waals surface area contributed by atoms with Gasteiger partial charge in [-0.2, -0.15) is 0 Å². The lowest BCUT2D eigenvalue weighted by molar-refractivity contribution is -0.129. The van der Waals surface area contributed by atoms with E-state index in [-0.39, 0.29) is 5.91 Å². The van der Waals surface area contributed by atoms with Gasteiger partial charge < -0.3 is 10.1 Å². The van der Waals surface area contributed by atoms with Gasteiger partial charge in [-0.15, -0.1) is 0 Å². The molecule has 0 aromatic heterocycles. The van der Waals surface area contributed by atoms with E-state index in [0.29, 0.717) is 37.6 Å². The zero-order valence-corrected chi connectivity index (χ0v) is 10.6. The second-order valence-electron chi connectivity index (χ2n) is 5.41. The zero-order valence-electron chi connectivity index (χ0n) is 10.6. The maximum atomic E-state index is 12.0. The van der Waals surface area contributed by atoms with Crippen molar-refractivity contribution in [3.63, 3.8) is 0 Å². The molecule has 0 aromatic carbocycles. The molecule has 3 rings (SSSR count). The van der Waals surface area contributed by atoms with E-state index in [0.717, 1.165) is 19.6 Å². The van der Waals surface area contributed by atoms with Gasteiger partial charge in [0.05, 0.1) is 13.1 Å². The molecule has 6 heteroatoms. The number of imide groups is 1. The predicted octanol–water partition coefficient (Wildman–Crippen LogP) is -0.495. The highest BCUT2D eigenvalue weighted by Crippen LogP contribution is 2.32. The molecule has 3 heterocycles. The number of rotatable bonds is 2.